The van der Waals surface area contributed by atoms with Crippen molar-refractivity contribution in [2.24, 2.45) is 5.92 Å². The lowest BCUT2D eigenvalue weighted by molar-refractivity contribution is -0.136. The molecule has 1 amide bonds. The first-order valence-corrected chi connectivity index (χ1v) is 6.73. The summed E-state index contributed by atoms with van der Waals surface area (Å²) in [6.45, 7) is 4.63. The van der Waals surface area contributed by atoms with Gasteiger partial charge in [0.25, 0.3) is 0 Å². The summed E-state index contributed by atoms with van der Waals surface area (Å²) in [5.74, 6) is -0.175. The van der Waals surface area contributed by atoms with Crippen molar-refractivity contribution in [1.82, 2.24) is 4.90 Å². The summed E-state index contributed by atoms with van der Waals surface area (Å²) in [5.41, 5.74) is 1.03. The molecular weight excluding hydrogens is 254 g/mol. The van der Waals surface area contributed by atoms with E-state index in [4.69, 9.17) is 4.74 Å². The Morgan fingerprint density at radius 1 is 1.40 bits per heavy atom. The summed E-state index contributed by atoms with van der Waals surface area (Å²) in [5, 5.41) is 0. The van der Waals surface area contributed by atoms with Gasteiger partial charge in [0.05, 0.1) is 12.6 Å². The Balaban J connectivity index is 1.82. The van der Waals surface area contributed by atoms with Gasteiger partial charge in [0.1, 0.15) is 12.9 Å². The molecule has 2 rings (SSSR count). The molecule has 0 spiro atoms. The standard InChI is InChI=1S/C16H19NO3/c1-2-15-8-14(10-18)9-17(15)16(19)12-20-11-13-6-4-3-5-7-13/h2-7,10,14-15H,1,8-9,11-12H2. The topological polar surface area (TPSA) is 46.6 Å². The lowest BCUT2D eigenvalue weighted by Gasteiger charge is -2.21. The quantitative estimate of drug-likeness (QED) is 0.586. The molecule has 4 nitrogen and oxygen atoms in total. The fourth-order valence-corrected chi connectivity index (χ4v) is 2.42. The van der Waals surface area contributed by atoms with Gasteiger partial charge >= 0.3 is 0 Å². The number of aldehydes is 1. The van der Waals surface area contributed by atoms with E-state index in [1.807, 2.05) is 30.3 Å². The van der Waals surface area contributed by atoms with Crippen molar-refractivity contribution in [2.75, 3.05) is 13.2 Å². The zero-order chi connectivity index (χ0) is 14.4. The van der Waals surface area contributed by atoms with Gasteiger partial charge in [-0.25, -0.2) is 0 Å². The molecule has 0 N–H and O–H groups in total. The van der Waals surface area contributed by atoms with Crippen molar-refractivity contribution >= 4 is 12.2 Å². The van der Waals surface area contributed by atoms with Gasteiger partial charge in [-0.2, -0.15) is 0 Å². The molecule has 20 heavy (non-hydrogen) atoms. The summed E-state index contributed by atoms with van der Waals surface area (Å²) in [7, 11) is 0. The van der Waals surface area contributed by atoms with E-state index in [0.29, 0.717) is 19.6 Å². The lowest BCUT2D eigenvalue weighted by Crippen LogP contribution is -2.37. The second-order valence-corrected chi connectivity index (χ2v) is 4.96. The maximum absolute atomic E-state index is 12.1. The molecule has 1 heterocycles. The zero-order valence-corrected chi connectivity index (χ0v) is 11.4. The number of likely N-dealkylation sites (tertiary alicyclic amines) is 1. The number of carbonyl (C=O) groups excluding carboxylic acids is 2. The molecule has 0 saturated carbocycles. The van der Waals surface area contributed by atoms with Crippen LogP contribution in [0, 0.1) is 5.92 Å². The van der Waals surface area contributed by atoms with Gasteiger partial charge in [0.2, 0.25) is 5.91 Å². The molecule has 1 saturated heterocycles. The van der Waals surface area contributed by atoms with Crippen LogP contribution in [-0.2, 0) is 20.9 Å². The Morgan fingerprint density at radius 2 is 2.15 bits per heavy atom. The predicted octanol–water partition coefficient (Wildman–Crippen LogP) is 1.81. The highest BCUT2D eigenvalue weighted by Crippen LogP contribution is 2.22. The first kappa shape index (κ1) is 14.5. The summed E-state index contributed by atoms with van der Waals surface area (Å²) in [4.78, 5) is 24.6. The maximum Gasteiger partial charge on any atom is 0.249 e. The van der Waals surface area contributed by atoms with E-state index in [-0.39, 0.29) is 24.5 Å². The van der Waals surface area contributed by atoms with Gasteiger partial charge in [-0.1, -0.05) is 36.4 Å². The number of hydrogen-bond acceptors (Lipinski definition) is 3. The van der Waals surface area contributed by atoms with Crippen LogP contribution in [0.3, 0.4) is 0 Å². The van der Waals surface area contributed by atoms with Crippen molar-refractivity contribution < 1.29 is 14.3 Å². The third kappa shape index (κ3) is 3.54. The average molecular weight is 273 g/mol. The third-order valence-electron chi connectivity index (χ3n) is 3.50. The number of hydrogen-bond donors (Lipinski definition) is 0. The van der Waals surface area contributed by atoms with Gasteiger partial charge in [-0.3, -0.25) is 4.79 Å². The Kier molecular flexibility index (Phi) is 5.07. The molecule has 2 unspecified atom stereocenters. The Labute approximate surface area is 119 Å². The fraction of sp³-hybridized carbons (Fsp3) is 0.375. The van der Waals surface area contributed by atoms with Crippen LogP contribution in [0.5, 0.6) is 0 Å². The fourth-order valence-electron chi connectivity index (χ4n) is 2.42. The first-order chi connectivity index (χ1) is 9.74. The lowest BCUT2D eigenvalue weighted by atomic mass is 10.1. The number of carbonyl (C=O) groups is 2. The molecule has 0 bridgehead atoms. The van der Waals surface area contributed by atoms with Gasteiger partial charge < -0.3 is 14.4 Å². The van der Waals surface area contributed by atoms with E-state index < -0.39 is 0 Å². The van der Waals surface area contributed by atoms with Crippen LogP contribution in [0.2, 0.25) is 0 Å². The van der Waals surface area contributed by atoms with Crippen molar-refractivity contribution in [3.05, 3.63) is 48.6 Å². The third-order valence-corrected chi connectivity index (χ3v) is 3.50. The predicted molar refractivity (Wildman–Crippen MR) is 76.0 cm³/mol. The van der Waals surface area contributed by atoms with Crippen LogP contribution in [0.15, 0.2) is 43.0 Å². The summed E-state index contributed by atoms with van der Waals surface area (Å²) in [6, 6.07) is 9.66. The SMILES string of the molecule is C=CC1CC(C=O)CN1C(=O)COCc1ccccc1. The minimum Gasteiger partial charge on any atom is -0.367 e. The van der Waals surface area contributed by atoms with E-state index >= 15 is 0 Å². The molecule has 1 aliphatic heterocycles. The van der Waals surface area contributed by atoms with E-state index in [1.54, 1.807) is 11.0 Å². The molecular formula is C16H19NO3. The highest BCUT2D eigenvalue weighted by Gasteiger charge is 2.32. The van der Waals surface area contributed by atoms with Crippen molar-refractivity contribution in [3.8, 4) is 0 Å². The number of nitrogens with zero attached hydrogens (tertiary/aromatic N) is 1. The minimum atomic E-state index is -0.0878. The Morgan fingerprint density at radius 3 is 2.80 bits per heavy atom. The molecule has 1 aliphatic rings. The first-order valence-electron chi connectivity index (χ1n) is 6.73. The summed E-state index contributed by atoms with van der Waals surface area (Å²) < 4.78 is 5.44. The van der Waals surface area contributed by atoms with Crippen LogP contribution in [-0.4, -0.2) is 36.3 Å². The van der Waals surface area contributed by atoms with Gasteiger partial charge in [0.15, 0.2) is 0 Å². The highest BCUT2D eigenvalue weighted by atomic mass is 16.5. The molecule has 106 valence electrons. The Bertz CT molecular complexity index is 472. The van der Waals surface area contributed by atoms with Crippen LogP contribution in [0.1, 0.15) is 12.0 Å². The van der Waals surface area contributed by atoms with Crippen LogP contribution >= 0.6 is 0 Å². The van der Waals surface area contributed by atoms with E-state index in [2.05, 4.69) is 6.58 Å². The highest BCUT2D eigenvalue weighted by molar-refractivity contribution is 5.79. The molecule has 1 aromatic rings. The summed E-state index contributed by atoms with van der Waals surface area (Å²) in [6.07, 6.45) is 3.30. The minimum absolute atomic E-state index is 0.0326. The normalized spacial score (nSPS) is 21.7. The number of amides is 1. The van der Waals surface area contributed by atoms with Crippen molar-refractivity contribution in [3.63, 3.8) is 0 Å². The molecule has 0 radical (unpaired) electrons. The molecule has 4 heteroatoms. The largest absolute Gasteiger partial charge is 0.367 e. The van der Waals surface area contributed by atoms with E-state index in [1.165, 1.54) is 0 Å². The summed E-state index contributed by atoms with van der Waals surface area (Å²) >= 11 is 0. The molecule has 1 aromatic carbocycles. The van der Waals surface area contributed by atoms with E-state index in [0.717, 1.165) is 11.8 Å². The maximum atomic E-state index is 12.1. The van der Waals surface area contributed by atoms with Crippen molar-refractivity contribution in [1.29, 1.82) is 0 Å². The average Bonchev–Trinajstić information content (AvgIpc) is 2.91. The second kappa shape index (κ2) is 7.01. The monoisotopic (exact) mass is 273 g/mol. The number of ether oxygens (including phenoxy) is 1. The van der Waals surface area contributed by atoms with Gasteiger partial charge in [-0.15, -0.1) is 6.58 Å². The molecule has 0 aliphatic carbocycles. The van der Waals surface area contributed by atoms with Gasteiger partial charge in [-0.05, 0) is 12.0 Å². The Hall–Kier alpha value is -1.94. The molecule has 0 aromatic heterocycles. The zero-order valence-electron chi connectivity index (χ0n) is 11.4. The number of benzene rings is 1. The van der Waals surface area contributed by atoms with Crippen LogP contribution in [0.4, 0.5) is 0 Å². The van der Waals surface area contributed by atoms with E-state index in [9.17, 15) is 9.59 Å². The van der Waals surface area contributed by atoms with Crippen molar-refractivity contribution in [2.45, 2.75) is 19.1 Å². The van der Waals surface area contributed by atoms with Crippen LogP contribution < -0.4 is 0 Å². The number of rotatable bonds is 6. The smallest absolute Gasteiger partial charge is 0.249 e. The molecule has 2 atom stereocenters. The molecule has 1 fully saturated rings. The second-order valence-electron chi connectivity index (χ2n) is 4.96. The van der Waals surface area contributed by atoms with Gasteiger partial charge in [0, 0.05) is 12.5 Å². The van der Waals surface area contributed by atoms with Crippen LogP contribution in [0.25, 0.3) is 0 Å².